The molecule has 0 saturated heterocycles. The molecule has 4 rings (SSSR count). The second-order valence-corrected chi connectivity index (χ2v) is 7.73. The van der Waals surface area contributed by atoms with Crippen LogP contribution < -0.4 is 15.4 Å². The standard InChI is InChI=1S/C24H21N3O4S/c1-3-31-18-14-13-15-9-7-8-12-17(15)19(18)21(28)26-22-20(16-10-5-4-6-11-16)25-23(32-22)27-24(29)30-2/h4-14H,3H2,1-2H3,(H,26,28)(H,25,27,29). The third-order valence-electron chi connectivity index (χ3n) is 4.71. The number of aromatic nitrogens is 1. The maximum Gasteiger partial charge on any atom is 0.413 e. The minimum absolute atomic E-state index is 0.314. The van der Waals surface area contributed by atoms with E-state index in [1.165, 1.54) is 7.11 Å². The first-order valence-corrected chi connectivity index (χ1v) is 10.8. The summed E-state index contributed by atoms with van der Waals surface area (Å²) in [5.41, 5.74) is 1.80. The van der Waals surface area contributed by atoms with Gasteiger partial charge in [-0.25, -0.2) is 9.78 Å². The van der Waals surface area contributed by atoms with Crippen molar-refractivity contribution in [3.05, 3.63) is 72.3 Å². The van der Waals surface area contributed by atoms with Gasteiger partial charge in [0.25, 0.3) is 5.91 Å². The first-order valence-electron chi connectivity index (χ1n) is 9.97. The summed E-state index contributed by atoms with van der Waals surface area (Å²) in [7, 11) is 1.28. The summed E-state index contributed by atoms with van der Waals surface area (Å²) >= 11 is 1.15. The Hall–Kier alpha value is -3.91. The van der Waals surface area contributed by atoms with Gasteiger partial charge in [-0.05, 0) is 23.8 Å². The number of nitrogens with zero attached hydrogens (tertiary/aromatic N) is 1. The SMILES string of the molecule is CCOc1ccc2ccccc2c1C(=O)Nc1sc(NC(=O)OC)nc1-c1ccccc1. The molecule has 0 bridgehead atoms. The lowest BCUT2D eigenvalue weighted by Crippen LogP contribution is -2.14. The molecule has 2 N–H and O–H groups in total. The fourth-order valence-corrected chi connectivity index (χ4v) is 4.18. The molecule has 0 aliphatic carbocycles. The molecule has 8 heteroatoms. The molecule has 1 aromatic heterocycles. The number of hydrogen-bond acceptors (Lipinski definition) is 6. The van der Waals surface area contributed by atoms with E-state index >= 15 is 0 Å². The number of rotatable bonds is 6. The normalized spacial score (nSPS) is 10.6. The zero-order valence-corrected chi connectivity index (χ0v) is 18.4. The molecule has 3 aromatic carbocycles. The lowest BCUT2D eigenvalue weighted by atomic mass is 10.0. The van der Waals surface area contributed by atoms with Crippen molar-refractivity contribution in [1.82, 2.24) is 4.98 Å². The van der Waals surface area contributed by atoms with Gasteiger partial charge in [0.05, 0.1) is 19.3 Å². The van der Waals surface area contributed by atoms with Gasteiger partial charge < -0.3 is 14.8 Å². The zero-order chi connectivity index (χ0) is 22.5. The number of ether oxygens (including phenoxy) is 2. The highest BCUT2D eigenvalue weighted by atomic mass is 32.1. The van der Waals surface area contributed by atoms with Crippen molar-refractivity contribution in [3.8, 4) is 17.0 Å². The van der Waals surface area contributed by atoms with Gasteiger partial charge in [-0.1, -0.05) is 72.0 Å². The molecule has 0 fully saturated rings. The van der Waals surface area contributed by atoms with Crippen molar-refractivity contribution in [2.24, 2.45) is 0 Å². The largest absolute Gasteiger partial charge is 0.493 e. The van der Waals surface area contributed by atoms with E-state index < -0.39 is 6.09 Å². The summed E-state index contributed by atoms with van der Waals surface area (Å²) in [4.78, 5) is 29.6. The highest BCUT2D eigenvalue weighted by Crippen LogP contribution is 2.37. The molecule has 32 heavy (non-hydrogen) atoms. The molecule has 0 unspecified atom stereocenters. The van der Waals surface area contributed by atoms with Crippen LogP contribution >= 0.6 is 11.3 Å². The van der Waals surface area contributed by atoms with Gasteiger partial charge in [0.1, 0.15) is 16.4 Å². The first kappa shape index (κ1) is 21.3. The van der Waals surface area contributed by atoms with E-state index in [2.05, 4.69) is 20.4 Å². The van der Waals surface area contributed by atoms with E-state index in [1.807, 2.05) is 67.6 Å². The Labute approximate surface area is 189 Å². The van der Waals surface area contributed by atoms with Crippen LogP contribution in [-0.2, 0) is 4.74 Å². The number of amides is 2. The summed E-state index contributed by atoms with van der Waals surface area (Å²) in [6, 6.07) is 20.8. The van der Waals surface area contributed by atoms with Crippen LogP contribution in [0, 0.1) is 0 Å². The number of methoxy groups -OCH3 is 1. The molecule has 0 saturated carbocycles. The van der Waals surface area contributed by atoms with E-state index in [9.17, 15) is 9.59 Å². The molecule has 4 aromatic rings. The molecule has 0 radical (unpaired) electrons. The van der Waals surface area contributed by atoms with Crippen molar-refractivity contribution < 1.29 is 19.1 Å². The Bertz CT molecular complexity index is 1270. The Morgan fingerprint density at radius 2 is 1.72 bits per heavy atom. The maximum atomic E-state index is 13.5. The van der Waals surface area contributed by atoms with Crippen LogP contribution in [0.15, 0.2) is 66.7 Å². The third kappa shape index (κ3) is 4.40. The fourth-order valence-electron chi connectivity index (χ4n) is 3.32. The third-order valence-corrected chi connectivity index (χ3v) is 5.60. The summed E-state index contributed by atoms with van der Waals surface area (Å²) in [5, 5.41) is 8.08. The monoisotopic (exact) mass is 447 g/mol. The van der Waals surface area contributed by atoms with Gasteiger partial charge in [-0.2, -0.15) is 0 Å². The highest BCUT2D eigenvalue weighted by molar-refractivity contribution is 7.20. The summed E-state index contributed by atoms with van der Waals surface area (Å²) in [6.07, 6.45) is -0.635. The van der Waals surface area contributed by atoms with Crippen LogP contribution in [-0.4, -0.2) is 30.7 Å². The molecule has 0 aliphatic rings. The Kier molecular flexibility index (Phi) is 6.32. The Morgan fingerprint density at radius 1 is 0.969 bits per heavy atom. The smallest absolute Gasteiger partial charge is 0.413 e. The number of thiazole rings is 1. The summed E-state index contributed by atoms with van der Waals surface area (Å²) in [6.45, 7) is 2.31. The molecule has 0 atom stereocenters. The van der Waals surface area contributed by atoms with Crippen molar-refractivity contribution >= 4 is 44.2 Å². The van der Waals surface area contributed by atoms with E-state index in [1.54, 1.807) is 6.07 Å². The van der Waals surface area contributed by atoms with E-state index in [0.29, 0.717) is 33.7 Å². The molecular weight excluding hydrogens is 426 g/mol. The average molecular weight is 448 g/mol. The predicted octanol–water partition coefficient (Wildman–Crippen LogP) is 5.79. The number of fused-ring (bicyclic) bond motifs is 1. The maximum absolute atomic E-state index is 13.5. The van der Waals surface area contributed by atoms with E-state index in [0.717, 1.165) is 27.7 Å². The van der Waals surface area contributed by atoms with Crippen LogP contribution in [0.2, 0.25) is 0 Å². The number of carbonyl (C=O) groups is 2. The van der Waals surface area contributed by atoms with Gasteiger partial charge in [0, 0.05) is 5.56 Å². The zero-order valence-electron chi connectivity index (χ0n) is 17.5. The second kappa shape index (κ2) is 9.49. The topological polar surface area (TPSA) is 89.6 Å². The number of nitrogens with one attached hydrogen (secondary N) is 2. The van der Waals surface area contributed by atoms with Gasteiger partial charge >= 0.3 is 6.09 Å². The molecule has 0 aliphatic heterocycles. The number of benzene rings is 3. The van der Waals surface area contributed by atoms with E-state index in [4.69, 9.17) is 4.74 Å². The average Bonchev–Trinajstić information content (AvgIpc) is 3.21. The minimum atomic E-state index is -0.635. The van der Waals surface area contributed by atoms with Gasteiger partial charge in [0.15, 0.2) is 5.13 Å². The Morgan fingerprint density at radius 3 is 2.47 bits per heavy atom. The van der Waals surface area contributed by atoms with Crippen LogP contribution in [0.4, 0.5) is 14.9 Å². The molecule has 1 heterocycles. The van der Waals surface area contributed by atoms with Crippen LogP contribution in [0.3, 0.4) is 0 Å². The number of hydrogen-bond donors (Lipinski definition) is 2. The lowest BCUT2D eigenvalue weighted by Gasteiger charge is -2.13. The van der Waals surface area contributed by atoms with Crippen LogP contribution in [0.1, 0.15) is 17.3 Å². The molecule has 2 amide bonds. The fraction of sp³-hybridized carbons (Fsp3) is 0.125. The highest BCUT2D eigenvalue weighted by Gasteiger charge is 2.21. The van der Waals surface area contributed by atoms with Crippen molar-refractivity contribution in [1.29, 1.82) is 0 Å². The number of carbonyl (C=O) groups excluding carboxylic acids is 2. The lowest BCUT2D eigenvalue weighted by molar-refractivity contribution is 0.102. The Balaban J connectivity index is 1.76. The van der Waals surface area contributed by atoms with Crippen LogP contribution in [0.5, 0.6) is 5.75 Å². The van der Waals surface area contributed by atoms with Crippen molar-refractivity contribution in [3.63, 3.8) is 0 Å². The van der Waals surface area contributed by atoms with Crippen LogP contribution in [0.25, 0.3) is 22.0 Å². The van der Waals surface area contributed by atoms with Crippen molar-refractivity contribution in [2.45, 2.75) is 6.92 Å². The predicted molar refractivity (Wildman–Crippen MR) is 127 cm³/mol. The molecule has 0 spiro atoms. The quantitative estimate of drug-likeness (QED) is 0.390. The van der Waals surface area contributed by atoms with E-state index in [-0.39, 0.29) is 5.91 Å². The van der Waals surface area contributed by atoms with Gasteiger partial charge in [0.2, 0.25) is 0 Å². The van der Waals surface area contributed by atoms with Crippen molar-refractivity contribution in [2.75, 3.05) is 24.4 Å². The van der Waals surface area contributed by atoms with Gasteiger partial charge in [-0.15, -0.1) is 0 Å². The molecular formula is C24H21N3O4S. The second-order valence-electron chi connectivity index (χ2n) is 6.73. The molecule has 7 nitrogen and oxygen atoms in total. The number of anilines is 2. The minimum Gasteiger partial charge on any atom is -0.493 e. The molecule has 162 valence electrons. The first-order chi connectivity index (χ1) is 15.6. The summed E-state index contributed by atoms with van der Waals surface area (Å²) in [5.74, 6) is 0.179. The summed E-state index contributed by atoms with van der Waals surface area (Å²) < 4.78 is 10.4. The van der Waals surface area contributed by atoms with Gasteiger partial charge in [-0.3, -0.25) is 10.1 Å².